The van der Waals surface area contributed by atoms with Crippen molar-refractivity contribution in [2.45, 2.75) is 51.9 Å². The second kappa shape index (κ2) is 15.7. The number of piperidine rings is 1. The van der Waals surface area contributed by atoms with Crippen molar-refractivity contribution >= 4 is 29.2 Å². The quantitative estimate of drug-likeness (QED) is 0.257. The van der Waals surface area contributed by atoms with Crippen molar-refractivity contribution in [3.8, 4) is 0 Å². The molecule has 42 heavy (non-hydrogen) atoms. The van der Waals surface area contributed by atoms with Crippen LogP contribution in [0.1, 0.15) is 51.0 Å². The minimum absolute atomic E-state index is 0.0155. The third-order valence-corrected chi connectivity index (χ3v) is 8.14. The molecule has 1 aliphatic rings. The molecule has 0 bridgehead atoms. The van der Waals surface area contributed by atoms with Crippen molar-refractivity contribution < 1.29 is 14.4 Å². The predicted octanol–water partition coefficient (Wildman–Crippen LogP) is 5.71. The third-order valence-electron chi connectivity index (χ3n) is 8.14. The highest BCUT2D eigenvalue weighted by atomic mass is 16.2. The van der Waals surface area contributed by atoms with Crippen molar-refractivity contribution in [3.05, 3.63) is 90.8 Å². The van der Waals surface area contributed by atoms with E-state index in [9.17, 15) is 14.4 Å². The zero-order valence-corrected chi connectivity index (χ0v) is 24.5. The van der Waals surface area contributed by atoms with Gasteiger partial charge in [-0.1, -0.05) is 62.2 Å². The van der Waals surface area contributed by atoms with Gasteiger partial charge in [-0.3, -0.25) is 19.5 Å². The van der Waals surface area contributed by atoms with E-state index in [1.165, 1.54) is 0 Å². The van der Waals surface area contributed by atoms with E-state index >= 15 is 0 Å². The average Bonchev–Trinajstić information content (AvgIpc) is 3.02. The van der Waals surface area contributed by atoms with Gasteiger partial charge in [0.1, 0.15) is 0 Å². The molecule has 1 aromatic heterocycles. The number of urea groups is 1. The molecule has 0 aliphatic carbocycles. The minimum Gasteiger partial charge on any atom is -0.369 e. The Bertz CT molecular complexity index is 1220. The highest BCUT2D eigenvalue weighted by molar-refractivity contribution is 5.99. The van der Waals surface area contributed by atoms with E-state index < -0.39 is 5.92 Å². The SMILES string of the molecule is CC(CC(Cc1cccnc1)C(N)=O)C(=O)NCCCCC1CCN(C(=O)N(c2ccccc2)c2ccccc2)CC1. The summed E-state index contributed by atoms with van der Waals surface area (Å²) >= 11 is 0. The first kappa shape index (κ1) is 30.8. The van der Waals surface area contributed by atoms with Gasteiger partial charge in [0.2, 0.25) is 11.8 Å². The van der Waals surface area contributed by atoms with Gasteiger partial charge in [0.05, 0.1) is 11.4 Å². The Morgan fingerprint density at radius 3 is 2.17 bits per heavy atom. The minimum atomic E-state index is -0.403. The number of nitrogens with one attached hydrogen (secondary N) is 1. The summed E-state index contributed by atoms with van der Waals surface area (Å²) in [6.07, 6.45) is 9.31. The van der Waals surface area contributed by atoms with Crippen molar-refractivity contribution in [2.24, 2.45) is 23.5 Å². The second-order valence-corrected chi connectivity index (χ2v) is 11.3. The maximum atomic E-state index is 13.6. The lowest BCUT2D eigenvalue weighted by atomic mass is 9.89. The molecule has 1 aliphatic heterocycles. The number of carbonyl (C=O) groups is 3. The molecule has 8 nitrogen and oxygen atoms in total. The molecule has 4 rings (SSSR count). The fourth-order valence-electron chi connectivity index (χ4n) is 5.66. The molecule has 1 saturated heterocycles. The summed E-state index contributed by atoms with van der Waals surface area (Å²) in [4.78, 5) is 46.1. The lowest BCUT2D eigenvalue weighted by Gasteiger charge is -2.36. The molecule has 2 aromatic carbocycles. The zero-order valence-electron chi connectivity index (χ0n) is 24.5. The number of para-hydroxylation sites is 2. The number of nitrogens with two attached hydrogens (primary N) is 1. The van der Waals surface area contributed by atoms with Gasteiger partial charge in [0, 0.05) is 43.9 Å². The van der Waals surface area contributed by atoms with E-state index in [4.69, 9.17) is 5.73 Å². The van der Waals surface area contributed by atoms with Gasteiger partial charge in [-0.2, -0.15) is 0 Å². The van der Waals surface area contributed by atoms with Gasteiger partial charge in [-0.05, 0) is 73.9 Å². The van der Waals surface area contributed by atoms with Gasteiger partial charge in [-0.25, -0.2) is 4.79 Å². The van der Waals surface area contributed by atoms with Crippen LogP contribution in [0, 0.1) is 17.8 Å². The van der Waals surface area contributed by atoms with Crippen LogP contribution in [0.15, 0.2) is 85.2 Å². The molecule has 3 aromatic rings. The van der Waals surface area contributed by atoms with Crippen LogP contribution in [-0.4, -0.2) is 47.4 Å². The number of carbonyl (C=O) groups excluding carboxylic acids is 3. The van der Waals surface area contributed by atoms with E-state index in [0.717, 1.165) is 62.1 Å². The predicted molar refractivity (Wildman–Crippen MR) is 166 cm³/mol. The average molecular weight is 570 g/mol. The fourth-order valence-corrected chi connectivity index (χ4v) is 5.66. The van der Waals surface area contributed by atoms with E-state index in [1.54, 1.807) is 17.3 Å². The van der Waals surface area contributed by atoms with E-state index in [1.807, 2.05) is 84.6 Å². The first-order chi connectivity index (χ1) is 20.4. The smallest absolute Gasteiger partial charge is 0.329 e. The Kier molecular flexibility index (Phi) is 11.5. The van der Waals surface area contributed by atoms with Crippen LogP contribution in [0.5, 0.6) is 0 Å². The van der Waals surface area contributed by atoms with Crippen molar-refractivity contribution in [1.29, 1.82) is 0 Å². The first-order valence-electron chi connectivity index (χ1n) is 15.1. The normalized spacial score (nSPS) is 15.0. The van der Waals surface area contributed by atoms with Crippen LogP contribution in [-0.2, 0) is 16.0 Å². The number of anilines is 2. The Morgan fingerprint density at radius 1 is 0.952 bits per heavy atom. The van der Waals surface area contributed by atoms with Crippen molar-refractivity contribution in [3.63, 3.8) is 0 Å². The number of likely N-dealkylation sites (tertiary alicyclic amines) is 1. The lowest BCUT2D eigenvalue weighted by Crippen LogP contribution is -2.45. The second-order valence-electron chi connectivity index (χ2n) is 11.3. The number of hydrogen-bond acceptors (Lipinski definition) is 4. The molecule has 0 saturated carbocycles. The van der Waals surface area contributed by atoms with Gasteiger partial charge in [0.15, 0.2) is 0 Å². The summed E-state index contributed by atoms with van der Waals surface area (Å²) in [5.41, 5.74) is 8.29. The maximum absolute atomic E-state index is 13.6. The third kappa shape index (κ3) is 8.90. The van der Waals surface area contributed by atoms with E-state index in [2.05, 4.69) is 10.3 Å². The highest BCUT2D eigenvalue weighted by Gasteiger charge is 2.28. The molecule has 222 valence electrons. The number of primary amides is 1. The first-order valence-corrected chi connectivity index (χ1v) is 15.1. The molecule has 4 amide bonds. The van der Waals surface area contributed by atoms with Crippen LogP contribution in [0.3, 0.4) is 0 Å². The fraction of sp³-hybridized carbons (Fsp3) is 0.412. The number of amides is 4. The number of hydrogen-bond donors (Lipinski definition) is 2. The molecule has 2 unspecified atom stereocenters. The summed E-state index contributed by atoms with van der Waals surface area (Å²) in [7, 11) is 0. The highest BCUT2D eigenvalue weighted by Crippen LogP contribution is 2.29. The van der Waals surface area contributed by atoms with Crippen LogP contribution in [0.4, 0.5) is 16.2 Å². The number of pyridine rings is 1. The molecule has 2 heterocycles. The van der Waals surface area contributed by atoms with Crippen molar-refractivity contribution in [1.82, 2.24) is 15.2 Å². The lowest BCUT2D eigenvalue weighted by molar-refractivity contribution is -0.126. The molecule has 0 radical (unpaired) electrons. The largest absolute Gasteiger partial charge is 0.369 e. The molecule has 1 fully saturated rings. The van der Waals surface area contributed by atoms with Crippen LogP contribution in [0.25, 0.3) is 0 Å². The Morgan fingerprint density at radius 2 is 1.60 bits per heavy atom. The van der Waals surface area contributed by atoms with E-state index in [0.29, 0.717) is 25.3 Å². The molecule has 8 heteroatoms. The Hall–Kier alpha value is -4.20. The number of benzene rings is 2. The summed E-state index contributed by atoms with van der Waals surface area (Å²) < 4.78 is 0. The molecule has 2 atom stereocenters. The van der Waals surface area contributed by atoms with Gasteiger partial charge in [0.25, 0.3) is 0 Å². The number of nitrogens with zero attached hydrogens (tertiary/aromatic N) is 3. The Balaban J connectivity index is 1.16. The zero-order chi connectivity index (χ0) is 29.7. The molecular weight excluding hydrogens is 526 g/mol. The monoisotopic (exact) mass is 569 g/mol. The molecular formula is C34H43N5O3. The number of aromatic nitrogens is 1. The number of rotatable bonds is 13. The summed E-state index contributed by atoms with van der Waals surface area (Å²) in [5, 5.41) is 3.03. The van der Waals surface area contributed by atoms with Crippen LogP contribution >= 0.6 is 0 Å². The van der Waals surface area contributed by atoms with Crippen molar-refractivity contribution in [2.75, 3.05) is 24.5 Å². The molecule has 0 spiro atoms. The summed E-state index contributed by atoms with van der Waals surface area (Å²) in [5.74, 6) is -0.554. The maximum Gasteiger partial charge on any atom is 0.329 e. The van der Waals surface area contributed by atoms with Gasteiger partial charge in [-0.15, -0.1) is 0 Å². The van der Waals surface area contributed by atoms with E-state index in [-0.39, 0.29) is 23.8 Å². The standard InChI is InChI=1S/C34H43N5O3/c1-26(23-29(32(35)40)24-28-12-10-19-36-25-28)33(41)37-20-9-8-11-27-17-21-38(22-18-27)34(42)39(30-13-4-2-5-14-30)31-15-6-3-7-16-31/h2-7,10,12-16,19,25-27,29H,8-9,11,17-18,20-24H2,1H3,(H2,35,40)(H,37,41). The van der Waals surface area contributed by atoms with Gasteiger partial charge < -0.3 is 16.0 Å². The molecule has 3 N–H and O–H groups in total. The Labute approximate surface area is 249 Å². The topological polar surface area (TPSA) is 109 Å². The number of unbranched alkanes of at least 4 members (excludes halogenated alkanes) is 1. The summed E-state index contributed by atoms with van der Waals surface area (Å²) in [6, 6.07) is 23.4. The van der Waals surface area contributed by atoms with Crippen LogP contribution in [0.2, 0.25) is 0 Å². The van der Waals surface area contributed by atoms with Gasteiger partial charge >= 0.3 is 6.03 Å². The van der Waals surface area contributed by atoms with Crippen LogP contribution < -0.4 is 16.0 Å². The summed E-state index contributed by atoms with van der Waals surface area (Å²) in [6.45, 7) is 3.95.